The molecule has 0 radical (unpaired) electrons. The van der Waals surface area contributed by atoms with Crippen molar-refractivity contribution in [2.24, 2.45) is 0 Å². The lowest BCUT2D eigenvalue weighted by molar-refractivity contribution is 0.116. The minimum atomic E-state index is -0.676. The second-order valence-corrected chi connectivity index (χ2v) is 11.6. The van der Waals surface area contributed by atoms with Gasteiger partial charge in [-0.15, -0.1) is 0 Å². The van der Waals surface area contributed by atoms with Gasteiger partial charge in [0.25, 0.3) is 0 Å². The lowest BCUT2D eigenvalue weighted by Crippen LogP contribution is -2.47. The third kappa shape index (κ3) is 8.55. The maximum absolute atomic E-state index is 15.1. The first-order valence-corrected chi connectivity index (χ1v) is 16.0. The Morgan fingerprint density at radius 3 is 2.34 bits per heavy atom. The fraction of sp³-hybridized carbons (Fsp3) is 0.361. The molecule has 1 N–H and O–H groups in total. The van der Waals surface area contributed by atoms with Crippen molar-refractivity contribution in [1.82, 2.24) is 19.8 Å². The molecule has 11 heteroatoms. The van der Waals surface area contributed by atoms with Gasteiger partial charge in [0, 0.05) is 56.7 Å². The van der Waals surface area contributed by atoms with Crippen molar-refractivity contribution < 1.29 is 23.4 Å². The summed E-state index contributed by atoms with van der Waals surface area (Å²) >= 11 is 0. The average Bonchev–Trinajstić information content (AvgIpc) is 3.06. The summed E-state index contributed by atoms with van der Waals surface area (Å²) in [5.74, 6) is 1.01. The minimum Gasteiger partial charge on any atom is -0.495 e. The van der Waals surface area contributed by atoms with Gasteiger partial charge >= 0.3 is 6.09 Å². The standard InChI is InChI=1S/C36H43FN6O4/c1-6-16-41-17-19-42(20-18-41)21-22-46-31-13-11-28(24-29(31)37)39-35-38-15-14-33(40-35)43(30-12-10-25(2)23-32(30)45-5)36(44)47-34-26(3)8-7-9-27(34)4/h7-15,23-24H,6,16-22H2,1-5H3,(H,38,39,40). The van der Waals surface area contributed by atoms with Crippen LogP contribution in [-0.2, 0) is 0 Å². The summed E-state index contributed by atoms with van der Waals surface area (Å²) < 4.78 is 32.4. The van der Waals surface area contributed by atoms with E-state index in [-0.39, 0.29) is 17.5 Å². The van der Waals surface area contributed by atoms with Crippen LogP contribution in [0.4, 0.5) is 32.3 Å². The van der Waals surface area contributed by atoms with E-state index in [0.29, 0.717) is 29.5 Å². The molecule has 4 aromatic rings. The highest BCUT2D eigenvalue weighted by Gasteiger charge is 2.27. The molecule has 0 unspecified atom stereocenters. The van der Waals surface area contributed by atoms with E-state index in [1.54, 1.807) is 24.3 Å². The zero-order chi connectivity index (χ0) is 33.3. The predicted octanol–water partition coefficient (Wildman–Crippen LogP) is 7.04. The molecule has 0 atom stereocenters. The van der Waals surface area contributed by atoms with Crippen LogP contribution in [0, 0.1) is 26.6 Å². The smallest absolute Gasteiger partial charge is 0.425 e. The van der Waals surface area contributed by atoms with Gasteiger partial charge in [-0.25, -0.2) is 19.1 Å². The van der Waals surface area contributed by atoms with Crippen LogP contribution in [0.3, 0.4) is 0 Å². The van der Waals surface area contributed by atoms with E-state index in [4.69, 9.17) is 14.2 Å². The zero-order valence-electron chi connectivity index (χ0n) is 27.8. The third-order valence-corrected chi connectivity index (χ3v) is 8.08. The number of amides is 1. The molecule has 47 heavy (non-hydrogen) atoms. The van der Waals surface area contributed by atoms with Crippen molar-refractivity contribution in [2.45, 2.75) is 34.1 Å². The second kappa shape index (κ2) is 15.7. The highest BCUT2D eigenvalue weighted by Crippen LogP contribution is 2.36. The molecular weight excluding hydrogens is 599 g/mol. The Hall–Kier alpha value is -4.74. The van der Waals surface area contributed by atoms with Crippen molar-refractivity contribution in [1.29, 1.82) is 0 Å². The number of benzene rings is 3. The molecule has 1 amide bonds. The van der Waals surface area contributed by atoms with Gasteiger partial charge in [0.15, 0.2) is 11.6 Å². The Kier molecular flexibility index (Phi) is 11.2. The Labute approximate surface area is 276 Å². The van der Waals surface area contributed by atoms with Gasteiger partial charge in [-0.2, -0.15) is 4.98 Å². The molecule has 0 spiro atoms. The highest BCUT2D eigenvalue weighted by molar-refractivity contribution is 5.98. The second-order valence-electron chi connectivity index (χ2n) is 11.6. The molecule has 1 aromatic heterocycles. The topological polar surface area (TPSA) is 92.3 Å². The summed E-state index contributed by atoms with van der Waals surface area (Å²) in [7, 11) is 1.54. The molecule has 1 fully saturated rings. The molecule has 3 aromatic carbocycles. The number of anilines is 4. The van der Waals surface area contributed by atoms with Crippen molar-refractivity contribution in [3.8, 4) is 17.2 Å². The fourth-order valence-corrected chi connectivity index (χ4v) is 5.57. The Morgan fingerprint density at radius 1 is 0.936 bits per heavy atom. The normalized spacial score (nSPS) is 13.7. The van der Waals surface area contributed by atoms with Gasteiger partial charge in [0.1, 0.15) is 23.9 Å². The number of halogens is 1. The van der Waals surface area contributed by atoms with E-state index in [1.165, 1.54) is 24.3 Å². The van der Waals surface area contributed by atoms with Crippen molar-refractivity contribution in [3.05, 3.63) is 89.4 Å². The van der Waals surface area contributed by atoms with Gasteiger partial charge in [-0.05, 0) is 74.7 Å². The maximum atomic E-state index is 15.1. The number of carbonyl (C=O) groups is 1. The quantitative estimate of drug-likeness (QED) is 0.175. The highest BCUT2D eigenvalue weighted by atomic mass is 19.1. The third-order valence-electron chi connectivity index (χ3n) is 8.08. The SMILES string of the molecule is CCCN1CCN(CCOc2ccc(Nc3nccc(N(C(=O)Oc4c(C)cccc4C)c4ccc(C)cc4OC)n3)cc2F)CC1. The Bertz CT molecular complexity index is 1660. The molecule has 0 saturated carbocycles. The number of aryl methyl sites for hydroxylation is 3. The van der Waals surface area contributed by atoms with E-state index >= 15 is 4.39 Å². The first-order valence-electron chi connectivity index (χ1n) is 16.0. The Morgan fingerprint density at radius 2 is 1.66 bits per heavy atom. The molecule has 5 rings (SSSR count). The maximum Gasteiger partial charge on any atom is 0.425 e. The molecule has 248 valence electrons. The lowest BCUT2D eigenvalue weighted by atomic mass is 10.1. The Balaban J connectivity index is 1.31. The van der Waals surface area contributed by atoms with Gasteiger partial charge < -0.3 is 24.4 Å². The van der Waals surface area contributed by atoms with Crippen LogP contribution >= 0.6 is 0 Å². The van der Waals surface area contributed by atoms with Crippen LogP contribution in [0.15, 0.2) is 66.9 Å². The number of piperazine rings is 1. The molecule has 1 aliphatic rings. The van der Waals surface area contributed by atoms with Crippen molar-refractivity contribution in [2.75, 3.05) is 63.2 Å². The van der Waals surface area contributed by atoms with E-state index in [0.717, 1.165) is 62.4 Å². The van der Waals surface area contributed by atoms with Crippen molar-refractivity contribution >= 4 is 29.2 Å². The van der Waals surface area contributed by atoms with Gasteiger partial charge in [0.2, 0.25) is 5.95 Å². The molecule has 10 nitrogen and oxygen atoms in total. The van der Waals surface area contributed by atoms with Crippen LogP contribution in [-0.4, -0.2) is 78.8 Å². The number of carbonyl (C=O) groups excluding carboxylic acids is 1. The van der Waals surface area contributed by atoms with Gasteiger partial charge in [0.05, 0.1) is 12.8 Å². The molecule has 2 heterocycles. The molecule has 0 aliphatic carbocycles. The van der Waals surface area contributed by atoms with Crippen LogP contribution in [0.1, 0.15) is 30.0 Å². The largest absolute Gasteiger partial charge is 0.495 e. The summed E-state index contributed by atoms with van der Waals surface area (Å²) in [6.07, 6.45) is 2.00. The van der Waals surface area contributed by atoms with Crippen LogP contribution in [0.5, 0.6) is 17.2 Å². The van der Waals surface area contributed by atoms with E-state index in [9.17, 15) is 4.79 Å². The number of nitrogens with one attached hydrogen (secondary N) is 1. The summed E-state index contributed by atoms with van der Waals surface area (Å²) in [5, 5.41) is 3.04. The number of aromatic nitrogens is 2. The minimum absolute atomic E-state index is 0.161. The fourth-order valence-electron chi connectivity index (χ4n) is 5.57. The molecule has 1 aliphatic heterocycles. The number of nitrogens with zero attached hydrogens (tertiary/aromatic N) is 5. The van der Waals surface area contributed by atoms with Crippen LogP contribution in [0.25, 0.3) is 0 Å². The predicted molar refractivity (Wildman–Crippen MR) is 182 cm³/mol. The number of hydrogen-bond acceptors (Lipinski definition) is 9. The number of rotatable bonds is 12. The summed E-state index contributed by atoms with van der Waals surface area (Å²) in [6.45, 7) is 14.3. The number of ether oxygens (including phenoxy) is 3. The first kappa shape index (κ1) is 33.6. The zero-order valence-corrected chi connectivity index (χ0v) is 27.8. The van der Waals surface area contributed by atoms with Gasteiger partial charge in [-0.1, -0.05) is 31.2 Å². The monoisotopic (exact) mass is 642 g/mol. The number of hydrogen-bond donors (Lipinski definition) is 1. The summed E-state index contributed by atoms with van der Waals surface area (Å²) in [5.41, 5.74) is 3.46. The summed E-state index contributed by atoms with van der Waals surface area (Å²) in [4.78, 5) is 28.9. The number of methoxy groups -OCH3 is 1. The average molecular weight is 643 g/mol. The summed E-state index contributed by atoms with van der Waals surface area (Å²) in [6, 6.07) is 17.4. The lowest BCUT2D eigenvalue weighted by Gasteiger charge is -2.34. The van der Waals surface area contributed by atoms with Crippen LogP contribution in [0.2, 0.25) is 0 Å². The van der Waals surface area contributed by atoms with E-state index in [2.05, 4.69) is 32.0 Å². The van der Waals surface area contributed by atoms with E-state index < -0.39 is 11.9 Å². The molecule has 0 bridgehead atoms. The van der Waals surface area contributed by atoms with Crippen LogP contribution < -0.4 is 24.4 Å². The number of para-hydroxylation sites is 1. The van der Waals surface area contributed by atoms with E-state index in [1.807, 2.05) is 51.1 Å². The first-order chi connectivity index (χ1) is 22.7. The van der Waals surface area contributed by atoms with Gasteiger partial charge in [-0.3, -0.25) is 4.90 Å². The molecule has 1 saturated heterocycles. The molecular formula is C36H43FN6O4. The van der Waals surface area contributed by atoms with Crippen molar-refractivity contribution in [3.63, 3.8) is 0 Å².